The second-order valence-corrected chi connectivity index (χ2v) is 5.86. The van der Waals surface area contributed by atoms with Gasteiger partial charge in [-0.2, -0.15) is 0 Å². The Morgan fingerprint density at radius 1 is 0.692 bits per heavy atom. The summed E-state index contributed by atoms with van der Waals surface area (Å²) < 4.78 is 26.9. The molecule has 0 unspecified atom stereocenters. The largest absolute Gasteiger partial charge is 0.378 e. The third-order valence-corrected chi connectivity index (χ3v) is 3.23. The summed E-state index contributed by atoms with van der Waals surface area (Å²) in [6.45, 7) is 13.7. The first-order valence-electron chi connectivity index (χ1n) is 9.55. The van der Waals surface area contributed by atoms with E-state index >= 15 is 0 Å². The molecule has 1 amide bonds. The Hall–Kier alpha value is -0.770. The van der Waals surface area contributed by atoms with Crippen molar-refractivity contribution in [3.8, 4) is 0 Å². The van der Waals surface area contributed by atoms with Gasteiger partial charge in [0.05, 0.1) is 66.1 Å². The summed E-state index contributed by atoms with van der Waals surface area (Å²) in [5, 5.41) is 5.98. The Morgan fingerprint density at radius 2 is 1.08 bits per heavy atom. The Labute approximate surface area is 158 Å². The Balaban J connectivity index is 3.04. The van der Waals surface area contributed by atoms with Crippen molar-refractivity contribution in [1.82, 2.24) is 10.6 Å². The van der Waals surface area contributed by atoms with Gasteiger partial charge in [0.2, 0.25) is 5.91 Å². The summed E-state index contributed by atoms with van der Waals surface area (Å²) in [5.41, 5.74) is 0. The normalized spacial score (nSPS) is 11.2. The molecule has 2 N–H and O–H groups in total. The van der Waals surface area contributed by atoms with Crippen LogP contribution in [0.3, 0.4) is 0 Å². The molecule has 0 radical (unpaired) electrons. The summed E-state index contributed by atoms with van der Waals surface area (Å²) in [5.74, 6) is 0.0490. The number of hydrogen-bond donors (Lipinski definition) is 2. The van der Waals surface area contributed by atoms with Crippen molar-refractivity contribution < 1.29 is 28.5 Å². The minimum absolute atomic E-state index is 0.00478. The summed E-state index contributed by atoms with van der Waals surface area (Å²) in [6, 6.07) is 0. The Bertz CT molecular complexity index is 305. The predicted octanol–water partition coefficient (Wildman–Crippen LogP) is 0.451. The zero-order valence-electron chi connectivity index (χ0n) is 16.7. The molecule has 0 rings (SSSR count). The van der Waals surface area contributed by atoms with E-state index in [0.717, 1.165) is 13.1 Å². The van der Waals surface area contributed by atoms with Crippen LogP contribution in [0.15, 0.2) is 0 Å². The van der Waals surface area contributed by atoms with E-state index in [9.17, 15) is 4.79 Å². The molecule has 0 aromatic carbocycles. The number of carbonyl (C=O) groups excluding carboxylic acids is 1. The molecule has 8 heteroatoms. The zero-order chi connectivity index (χ0) is 19.3. The van der Waals surface area contributed by atoms with Gasteiger partial charge in [-0.25, -0.2) is 0 Å². The standard InChI is InChI=1S/C18H38N2O6/c1-4-19-5-7-22-9-11-24-13-15-26-16-14-25-12-10-23-8-6-20-18(21)17(2)3/h17,19H,4-16H2,1-3H3,(H,20,21). The second kappa shape index (κ2) is 20.5. The molecule has 156 valence electrons. The van der Waals surface area contributed by atoms with Crippen LogP contribution < -0.4 is 10.6 Å². The lowest BCUT2D eigenvalue weighted by atomic mass is 10.2. The first-order valence-corrected chi connectivity index (χ1v) is 9.55. The maximum absolute atomic E-state index is 11.3. The Morgan fingerprint density at radius 3 is 1.46 bits per heavy atom. The van der Waals surface area contributed by atoms with Crippen LogP contribution in [0.2, 0.25) is 0 Å². The van der Waals surface area contributed by atoms with Crippen molar-refractivity contribution in [2.45, 2.75) is 20.8 Å². The minimum atomic E-state index is 0.00478. The van der Waals surface area contributed by atoms with Gasteiger partial charge in [0.25, 0.3) is 0 Å². The number of ether oxygens (including phenoxy) is 5. The molecule has 8 nitrogen and oxygen atoms in total. The van der Waals surface area contributed by atoms with Gasteiger partial charge in [0.1, 0.15) is 0 Å². The predicted molar refractivity (Wildman–Crippen MR) is 100 cm³/mol. The highest BCUT2D eigenvalue weighted by molar-refractivity contribution is 5.77. The van der Waals surface area contributed by atoms with Gasteiger partial charge in [0.15, 0.2) is 0 Å². The molecule has 0 heterocycles. The molecule has 0 aliphatic heterocycles. The SMILES string of the molecule is CCNCCOCCOCCOCCOCCOCCNC(=O)C(C)C. The summed E-state index contributed by atoms with van der Waals surface area (Å²) in [7, 11) is 0. The van der Waals surface area contributed by atoms with Gasteiger partial charge in [-0.15, -0.1) is 0 Å². The molecule has 26 heavy (non-hydrogen) atoms. The highest BCUT2D eigenvalue weighted by Gasteiger charge is 2.04. The average Bonchev–Trinajstić information content (AvgIpc) is 2.63. The van der Waals surface area contributed by atoms with Crippen LogP contribution in [-0.4, -0.2) is 91.6 Å². The maximum Gasteiger partial charge on any atom is 0.222 e. The second-order valence-electron chi connectivity index (χ2n) is 5.86. The van der Waals surface area contributed by atoms with Crippen molar-refractivity contribution in [1.29, 1.82) is 0 Å². The number of nitrogens with one attached hydrogen (secondary N) is 2. The van der Waals surface area contributed by atoms with E-state index in [-0.39, 0.29) is 11.8 Å². The topological polar surface area (TPSA) is 87.3 Å². The smallest absolute Gasteiger partial charge is 0.222 e. The van der Waals surface area contributed by atoms with Crippen LogP contribution in [0.1, 0.15) is 20.8 Å². The zero-order valence-corrected chi connectivity index (χ0v) is 16.7. The fourth-order valence-electron chi connectivity index (χ4n) is 1.75. The average molecular weight is 379 g/mol. The molecule has 0 atom stereocenters. The van der Waals surface area contributed by atoms with Crippen molar-refractivity contribution >= 4 is 5.91 Å². The molecule has 0 aromatic rings. The molecular formula is C18H38N2O6. The molecule has 0 spiro atoms. The van der Waals surface area contributed by atoms with E-state index in [1.807, 2.05) is 13.8 Å². The first kappa shape index (κ1) is 25.2. The number of amides is 1. The van der Waals surface area contributed by atoms with Crippen molar-refractivity contribution in [3.63, 3.8) is 0 Å². The van der Waals surface area contributed by atoms with Crippen molar-refractivity contribution in [2.75, 3.05) is 85.7 Å². The van der Waals surface area contributed by atoms with Crippen LogP contribution in [-0.2, 0) is 28.5 Å². The van der Waals surface area contributed by atoms with Crippen LogP contribution in [0, 0.1) is 5.92 Å². The van der Waals surface area contributed by atoms with Crippen molar-refractivity contribution in [2.24, 2.45) is 5.92 Å². The third kappa shape index (κ3) is 19.6. The van der Waals surface area contributed by atoms with E-state index < -0.39 is 0 Å². The van der Waals surface area contributed by atoms with Gasteiger partial charge < -0.3 is 34.3 Å². The van der Waals surface area contributed by atoms with Gasteiger partial charge in [-0.1, -0.05) is 20.8 Å². The lowest BCUT2D eigenvalue weighted by Crippen LogP contribution is -2.31. The number of likely N-dealkylation sites (N-methyl/N-ethyl adjacent to an activating group) is 1. The van der Waals surface area contributed by atoms with Crippen LogP contribution in [0.25, 0.3) is 0 Å². The van der Waals surface area contributed by atoms with Gasteiger partial charge in [0, 0.05) is 19.0 Å². The van der Waals surface area contributed by atoms with Gasteiger partial charge in [-0.3, -0.25) is 4.79 Å². The molecule has 0 fully saturated rings. The molecule has 0 saturated carbocycles. The quantitative estimate of drug-likeness (QED) is 0.298. The minimum Gasteiger partial charge on any atom is -0.378 e. The Kier molecular flexibility index (Phi) is 19.9. The molecule has 0 aromatic heterocycles. The van der Waals surface area contributed by atoms with Crippen LogP contribution in [0.5, 0.6) is 0 Å². The fraction of sp³-hybridized carbons (Fsp3) is 0.944. The van der Waals surface area contributed by atoms with Gasteiger partial charge >= 0.3 is 0 Å². The summed E-state index contributed by atoms with van der Waals surface area (Å²) in [4.78, 5) is 11.3. The highest BCUT2D eigenvalue weighted by atomic mass is 16.6. The molecule has 0 aliphatic rings. The monoisotopic (exact) mass is 378 g/mol. The molecule has 0 bridgehead atoms. The van der Waals surface area contributed by atoms with Crippen molar-refractivity contribution in [3.05, 3.63) is 0 Å². The van der Waals surface area contributed by atoms with Gasteiger partial charge in [-0.05, 0) is 6.54 Å². The van der Waals surface area contributed by atoms with Crippen LogP contribution >= 0.6 is 0 Å². The molecule has 0 saturated heterocycles. The first-order chi connectivity index (χ1) is 12.7. The number of rotatable bonds is 20. The number of carbonyl (C=O) groups is 1. The summed E-state index contributed by atoms with van der Waals surface area (Å²) >= 11 is 0. The van der Waals surface area contributed by atoms with Crippen LogP contribution in [0.4, 0.5) is 0 Å². The fourth-order valence-corrected chi connectivity index (χ4v) is 1.75. The molecule has 0 aliphatic carbocycles. The van der Waals surface area contributed by atoms with E-state index in [4.69, 9.17) is 23.7 Å². The highest BCUT2D eigenvalue weighted by Crippen LogP contribution is 1.89. The third-order valence-electron chi connectivity index (χ3n) is 3.23. The lowest BCUT2D eigenvalue weighted by molar-refractivity contribution is -0.124. The van der Waals surface area contributed by atoms with E-state index in [0.29, 0.717) is 72.6 Å². The molecular weight excluding hydrogens is 340 g/mol. The summed E-state index contributed by atoms with van der Waals surface area (Å²) in [6.07, 6.45) is 0. The lowest BCUT2D eigenvalue weighted by Gasteiger charge is -2.09. The number of hydrogen-bond acceptors (Lipinski definition) is 7. The maximum atomic E-state index is 11.3. The van der Waals surface area contributed by atoms with E-state index in [1.54, 1.807) is 0 Å². The van der Waals surface area contributed by atoms with E-state index in [2.05, 4.69) is 17.6 Å². The van der Waals surface area contributed by atoms with E-state index in [1.165, 1.54) is 0 Å².